The molecule has 0 bridgehead atoms. The van der Waals surface area contributed by atoms with E-state index in [1.54, 1.807) is 41.6 Å². The molecule has 2 aliphatic rings. The van der Waals surface area contributed by atoms with Gasteiger partial charge in [-0.05, 0) is 30.3 Å². The number of rotatable bonds is 1. The number of H-pyrrole nitrogens is 1. The normalized spacial score (nSPS) is 15.3. The van der Waals surface area contributed by atoms with Crippen molar-refractivity contribution in [2.45, 2.75) is 0 Å². The summed E-state index contributed by atoms with van der Waals surface area (Å²) in [6.07, 6.45) is 1.57. The summed E-state index contributed by atoms with van der Waals surface area (Å²) >= 11 is 0. The van der Waals surface area contributed by atoms with Gasteiger partial charge in [0.05, 0.1) is 23.9 Å². The fourth-order valence-corrected chi connectivity index (χ4v) is 3.20. The number of carbonyl (C=O) groups excluding carboxylic acids is 1. The third kappa shape index (κ3) is 2.19. The quantitative estimate of drug-likeness (QED) is 0.707. The average Bonchev–Trinajstić information content (AvgIpc) is 3.31. The SMILES string of the molecule is O=C(NC1=Nc2c(F)cccc2C2=NCCN12)c1ccc2[nH]cnc2c1. The Kier molecular flexibility index (Phi) is 3.11. The van der Waals surface area contributed by atoms with Crippen LogP contribution in [0.1, 0.15) is 15.9 Å². The number of amides is 1. The highest BCUT2D eigenvalue weighted by atomic mass is 19.1. The van der Waals surface area contributed by atoms with E-state index in [0.29, 0.717) is 35.6 Å². The number of carbonyl (C=O) groups is 1. The average molecular weight is 348 g/mol. The first-order chi connectivity index (χ1) is 12.7. The van der Waals surface area contributed by atoms with Gasteiger partial charge < -0.3 is 4.98 Å². The van der Waals surface area contributed by atoms with Crippen LogP contribution in [0, 0.1) is 5.82 Å². The van der Waals surface area contributed by atoms with E-state index in [9.17, 15) is 9.18 Å². The van der Waals surface area contributed by atoms with Crippen molar-refractivity contribution in [1.29, 1.82) is 0 Å². The summed E-state index contributed by atoms with van der Waals surface area (Å²) in [7, 11) is 0. The van der Waals surface area contributed by atoms with Gasteiger partial charge in [-0.15, -0.1) is 0 Å². The van der Waals surface area contributed by atoms with Crippen LogP contribution in [0.2, 0.25) is 0 Å². The maximum Gasteiger partial charge on any atom is 0.258 e. The lowest BCUT2D eigenvalue weighted by Crippen LogP contribution is -2.47. The first-order valence-electron chi connectivity index (χ1n) is 8.15. The predicted octanol–water partition coefficient (Wildman–Crippen LogP) is 2.20. The molecule has 0 atom stereocenters. The topological polar surface area (TPSA) is 85.7 Å². The number of nitrogens with zero attached hydrogens (tertiary/aromatic N) is 4. The summed E-state index contributed by atoms with van der Waals surface area (Å²) in [5.74, 6) is 0.139. The Morgan fingerprint density at radius 3 is 3.12 bits per heavy atom. The van der Waals surface area contributed by atoms with Crippen molar-refractivity contribution >= 4 is 34.4 Å². The molecule has 2 N–H and O–H groups in total. The van der Waals surface area contributed by atoms with Crippen molar-refractivity contribution < 1.29 is 9.18 Å². The van der Waals surface area contributed by atoms with Crippen LogP contribution < -0.4 is 5.32 Å². The molecular formula is C18H13FN6O. The molecule has 26 heavy (non-hydrogen) atoms. The second kappa shape index (κ2) is 5.48. The Hall–Kier alpha value is -3.55. The van der Waals surface area contributed by atoms with Crippen LogP contribution >= 0.6 is 0 Å². The van der Waals surface area contributed by atoms with E-state index in [0.717, 1.165) is 5.52 Å². The van der Waals surface area contributed by atoms with Gasteiger partial charge in [-0.2, -0.15) is 0 Å². The van der Waals surface area contributed by atoms with Gasteiger partial charge in [-0.25, -0.2) is 14.4 Å². The molecule has 0 unspecified atom stereocenters. The number of nitrogens with one attached hydrogen (secondary N) is 2. The highest BCUT2D eigenvalue weighted by molar-refractivity contribution is 6.19. The number of guanidine groups is 1. The summed E-state index contributed by atoms with van der Waals surface area (Å²) in [6, 6.07) is 9.94. The van der Waals surface area contributed by atoms with Crippen molar-refractivity contribution in [3.8, 4) is 0 Å². The van der Waals surface area contributed by atoms with E-state index in [-0.39, 0.29) is 17.6 Å². The number of halogens is 1. The van der Waals surface area contributed by atoms with Gasteiger partial charge in [-0.3, -0.25) is 20.0 Å². The number of hydrogen-bond donors (Lipinski definition) is 2. The van der Waals surface area contributed by atoms with E-state index in [1.165, 1.54) is 6.07 Å². The van der Waals surface area contributed by atoms with Crippen molar-refractivity contribution in [2.24, 2.45) is 9.98 Å². The number of hydrogen-bond acceptors (Lipinski definition) is 5. The van der Waals surface area contributed by atoms with Crippen molar-refractivity contribution in [3.63, 3.8) is 0 Å². The van der Waals surface area contributed by atoms with Gasteiger partial charge in [0.25, 0.3) is 5.91 Å². The number of aromatic amines is 1. The monoisotopic (exact) mass is 348 g/mol. The first kappa shape index (κ1) is 14.8. The summed E-state index contributed by atoms with van der Waals surface area (Å²) in [4.78, 5) is 30.4. The number of aromatic nitrogens is 2. The third-order valence-electron chi connectivity index (χ3n) is 4.45. The maximum atomic E-state index is 14.2. The van der Waals surface area contributed by atoms with E-state index in [2.05, 4.69) is 25.3 Å². The molecule has 0 fully saturated rings. The third-order valence-corrected chi connectivity index (χ3v) is 4.45. The molecule has 2 aromatic carbocycles. The molecule has 0 radical (unpaired) electrons. The molecule has 3 heterocycles. The van der Waals surface area contributed by atoms with Gasteiger partial charge in [0.1, 0.15) is 17.3 Å². The molecule has 0 aliphatic carbocycles. The van der Waals surface area contributed by atoms with Gasteiger partial charge in [0, 0.05) is 17.7 Å². The Labute approximate surface area is 147 Å². The van der Waals surface area contributed by atoms with E-state index < -0.39 is 5.82 Å². The maximum absolute atomic E-state index is 14.2. The molecule has 5 rings (SSSR count). The molecule has 0 spiro atoms. The molecular weight excluding hydrogens is 335 g/mol. The minimum atomic E-state index is -0.443. The first-order valence-corrected chi connectivity index (χ1v) is 8.15. The molecule has 3 aromatic rings. The molecule has 0 saturated carbocycles. The summed E-state index contributed by atoms with van der Waals surface area (Å²) in [5, 5.41) is 2.78. The minimum absolute atomic E-state index is 0.197. The Morgan fingerprint density at radius 1 is 1.27 bits per heavy atom. The summed E-state index contributed by atoms with van der Waals surface area (Å²) in [5.41, 5.74) is 2.83. The highest BCUT2D eigenvalue weighted by Crippen LogP contribution is 2.30. The fourth-order valence-electron chi connectivity index (χ4n) is 3.20. The van der Waals surface area contributed by atoms with Crippen molar-refractivity contribution in [1.82, 2.24) is 20.2 Å². The molecule has 7 nitrogen and oxygen atoms in total. The van der Waals surface area contributed by atoms with Gasteiger partial charge in [-0.1, -0.05) is 6.07 Å². The van der Waals surface area contributed by atoms with Crippen LogP contribution in [0.5, 0.6) is 0 Å². The minimum Gasteiger partial charge on any atom is -0.345 e. The van der Waals surface area contributed by atoms with Crippen molar-refractivity contribution in [3.05, 3.63) is 59.7 Å². The van der Waals surface area contributed by atoms with Gasteiger partial charge in [0.15, 0.2) is 0 Å². The number of amidine groups is 1. The van der Waals surface area contributed by atoms with Crippen LogP contribution in [-0.2, 0) is 0 Å². The lowest BCUT2D eigenvalue weighted by atomic mass is 10.1. The predicted molar refractivity (Wildman–Crippen MR) is 95.2 cm³/mol. The summed E-state index contributed by atoms with van der Waals surface area (Å²) < 4.78 is 14.2. The highest BCUT2D eigenvalue weighted by Gasteiger charge is 2.31. The Bertz CT molecular complexity index is 1120. The van der Waals surface area contributed by atoms with Crippen LogP contribution in [-0.4, -0.2) is 45.7 Å². The van der Waals surface area contributed by atoms with E-state index >= 15 is 0 Å². The standard InChI is InChI=1S/C18H13FN6O/c19-12-3-1-2-11-15(12)23-18(25-7-6-20-16(11)25)24-17(26)10-4-5-13-14(8-10)22-9-21-13/h1-5,8-9H,6-7H2,(H,21,22)(H,23,24,26). The number of benzene rings is 2. The lowest BCUT2D eigenvalue weighted by molar-refractivity contribution is 0.0974. The van der Waals surface area contributed by atoms with Crippen LogP contribution in [0.3, 0.4) is 0 Å². The van der Waals surface area contributed by atoms with Crippen molar-refractivity contribution in [2.75, 3.05) is 13.1 Å². The number of imidazole rings is 1. The molecule has 128 valence electrons. The lowest BCUT2D eigenvalue weighted by Gasteiger charge is -2.27. The Balaban J connectivity index is 1.52. The largest absolute Gasteiger partial charge is 0.345 e. The van der Waals surface area contributed by atoms with Crippen LogP contribution in [0.15, 0.2) is 52.7 Å². The smallest absolute Gasteiger partial charge is 0.258 e. The molecule has 1 amide bonds. The molecule has 0 saturated heterocycles. The zero-order valence-electron chi connectivity index (χ0n) is 13.5. The second-order valence-electron chi connectivity index (χ2n) is 6.02. The second-order valence-corrected chi connectivity index (χ2v) is 6.02. The molecule has 1 aromatic heterocycles. The van der Waals surface area contributed by atoms with E-state index in [4.69, 9.17) is 0 Å². The van der Waals surface area contributed by atoms with Crippen LogP contribution in [0.25, 0.3) is 11.0 Å². The molecule has 2 aliphatic heterocycles. The van der Waals surface area contributed by atoms with Crippen LogP contribution in [0.4, 0.5) is 10.1 Å². The number of fused-ring (bicyclic) bond motifs is 4. The van der Waals surface area contributed by atoms with Gasteiger partial charge in [0.2, 0.25) is 5.96 Å². The zero-order chi connectivity index (χ0) is 17.7. The van der Waals surface area contributed by atoms with Gasteiger partial charge >= 0.3 is 0 Å². The zero-order valence-corrected chi connectivity index (χ0v) is 13.5. The Morgan fingerprint density at radius 2 is 2.19 bits per heavy atom. The van der Waals surface area contributed by atoms with E-state index in [1.807, 2.05) is 0 Å². The number of para-hydroxylation sites is 1. The fraction of sp³-hybridized carbons (Fsp3) is 0.111. The molecule has 8 heteroatoms. The summed E-state index contributed by atoms with van der Waals surface area (Å²) in [6.45, 7) is 1.15. The number of aliphatic imine (C=N–C) groups is 2.